The lowest BCUT2D eigenvalue weighted by molar-refractivity contribution is -0.136. The molecule has 178 valence electrons. The molecular formula is C29H23N3O4. The van der Waals surface area contributed by atoms with E-state index in [1.807, 2.05) is 42.5 Å². The van der Waals surface area contributed by atoms with Crippen LogP contribution in [0.4, 0.5) is 5.69 Å². The minimum absolute atomic E-state index is 0.0764. The lowest BCUT2D eigenvalue weighted by Crippen LogP contribution is -2.49. The number of nitrogens with one attached hydrogen (secondary N) is 1. The summed E-state index contributed by atoms with van der Waals surface area (Å²) < 4.78 is 0. The molecule has 2 aliphatic heterocycles. The maximum atomic E-state index is 13.7. The van der Waals surface area contributed by atoms with Crippen LogP contribution in [0.5, 0.6) is 0 Å². The molecule has 2 unspecified atom stereocenters. The number of hydrogen-bond acceptors (Lipinski definition) is 5. The SMILES string of the molecule is C=CC1C=CC=C2C(=O)c3cc4[nH]c5ccccc5c(=O)c4cc3N(CCCN3C(=O)C=CC3=O)C21. The highest BCUT2D eigenvalue weighted by molar-refractivity contribution is 6.18. The molecular weight excluding hydrogens is 454 g/mol. The lowest BCUT2D eigenvalue weighted by Gasteiger charge is -2.43. The highest BCUT2D eigenvalue weighted by Crippen LogP contribution is 2.40. The molecule has 0 spiro atoms. The van der Waals surface area contributed by atoms with Crippen molar-refractivity contribution in [2.24, 2.45) is 5.92 Å². The highest BCUT2D eigenvalue weighted by atomic mass is 16.2. The Bertz CT molecular complexity index is 1620. The maximum Gasteiger partial charge on any atom is 0.253 e. The van der Waals surface area contributed by atoms with Crippen LogP contribution in [-0.2, 0) is 9.59 Å². The third-order valence-electron chi connectivity index (χ3n) is 7.22. The molecule has 0 bridgehead atoms. The predicted molar refractivity (Wildman–Crippen MR) is 139 cm³/mol. The van der Waals surface area contributed by atoms with Crippen LogP contribution in [0.3, 0.4) is 0 Å². The number of allylic oxidation sites excluding steroid dienone is 2. The molecule has 0 saturated heterocycles. The molecule has 3 heterocycles. The van der Waals surface area contributed by atoms with E-state index in [1.165, 1.54) is 17.1 Å². The number of hydrogen-bond donors (Lipinski definition) is 1. The number of aromatic nitrogens is 1. The van der Waals surface area contributed by atoms with Crippen LogP contribution in [0.25, 0.3) is 21.8 Å². The van der Waals surface area contributed by atoms with Gasteiger partial charge in [-0.2, -0.15) is 0 Å². The Morgan fingerprint density at radius 3 is 2.50 bits per heavy atom. The van der Waals surface area contributed by atoms with E-state index in [9.17, 15) is 19.2 Å². The fourth-order valence-corrected chi connectivity index (χ4v) is 5.49. The van der Waals surface area contributed by atoms with Gasteiger partial charge in [0, 0.05) is 64.3 Å². The third kappa shape index (κ3) is 3.27. The predicted octanol–water partition coefficient (Wildman–Crippen LogP) is 3.67. The van der Waals surface area contributed by atoms with Crippen molar-refractivity contribution >= 4 is 45.1 Å². The molecule has 36 heavy (non-hydrogen) atoms. The van der Waals surface area contributed by atoms with Crippen molar-refractivity contribution in [3.63, 3.8) is 0 Å². The van der Waals surface area contributed by atoms with Gasteiger partial charge in [0.25, 0.3) is 11.8 Å². The number of benzene rings is 2. The minimum atomic E-state index is -0.316. The second-order valence-electron chi connectivity index (χ2n) is 9.22. The molecule has 3 aliphatic rings. The number of anilines is 1. The number of imide groups is 1. The first-order valence-electron chi connectivity index (χ1n) is 11.9. The molecule has 2 aromatic carbocycles. The average Bonchev–Trinajstić information content (AvgIpc) is 3.22. The van der Waals surface area contributed by atoms with Gasteiger partial charge in [0.2, 0.25) is 0 Å². The summed E-state index contributed by atoms with van der Waals surface area (Å²) in [5.74, 6) is -0.815. The molecule has 3 aromatic rings. The van der Waals surface area contributed by atoms with Crippen molar-refractivity contribution in [3.05, 3.63) is 101 Å². The van der Waals surface area contributed by atoms with Crippen LogP contribution in [0.2, 0.25) is 0 Å². The molecule has 1 aromatic heterocycles. The molecule has 1 aliphatic carbocycles. The Hall–Kier alpha value is -4.52. The van der Waals surface area contributed by atoms with Crippen molar-refractivity contribution in [3.8, 4) is 0 Å². The average molecular weight is 478 g/mol. The summed E-state index contributed by atoms with van der Waals surface area (Å²) >= 11 is 0. The van der Waals surface area contributed by atoms with E-state index in [1.54, 1.807) is 18.2 Å². The third-order valence-corrected chi connectivity index (χ3v) is 7.22. The normalized spacial score (nSPS) is 20.8. The van der Waals surface area contributed by atoms with Gasteiger partial charge in [-0.3, -0.25) is 24.1 Å². The smallest absolute Gasteiger partial charge is 0.253 e. The number of ketones is 1. The van der Waals surface area contributed by atoms with E-state index in [2.05, 4.69) is 16.5 Å². The molecule has 1 N–H and O–H groups in total. The zero-order valence-corrected chi connectivity index (χ0v) is 19.4. The van der Waals surface area contributed by atoms with E-state index in [0.29, 0.717) is 51.6 Å². The monoisotopic (exact) mass is 477 g/mol. The molecule has 0 fully saturated rings. The van der Waals surface area contributed by atoms with Crippen molar-refractivity contribution in [1.29, 1.82) is 0 Å². The van der Waals surface area contributed by atoms with Crippen molar-refractivity contribution in [1.82, 2.24) is 9.88 Å². The van der Waals surface area contributed by atoms with Crippen molar-refractivity contribution in [2.45, 2.75) is 12.5 Å². The number of fused-ring (bicyclic) bond motifs is 4. The first-order chi connectivity index (χ1) is 17.5. The Morgan fingerprint density at radius 2 is 1.72 bits per heavy atom. The summed E-state index contributed by atoms with van der Waals surface area (Å²) in [6.07, 6.45) is 10.6. The largest absolute Gasteiger partial charge is 0.363 e. The van der Waals surface area contributed by atoms with Gasteiger partial charge in [-0.25, -0.2) is 0 Å². The fourth-order valence-electron chi connectivity index (χ4n) is 5.49. The number of Topliss-reactive ketones (excluding diaryl/α,β-unsaturated/α-hetero) is 1. The molecule has 6 rings (SSSR count). The minimum Gasteiger partial charge on any atom is -0.363 e. The maximum absolute atomic E-state index is 13.7. The number of aromatic amines is 1. The van der Waals surface area contributed by atoms with Crippen LogP contribution < -0.4 is 10.3 Å². The van der Waals surface area contributed by atoms with Gasteiger partial charge in [0.15, 0.2) is 11.2 Å². The van der Waals surface area contributed by atoms with Crippen LogP contribution in [-0.4, -0.2) is 46.6 Å². The van der Waals surface area contributed by atoms with E-state index in [0.717, 1.165) is 0 Å². The van der Waals surface area contributed by atoms with Crippen molar-refractivity contribution in [2.75, 3.05) is 18.0 Å². The van der Waals surface area contributed by atoms with Gasteiger partial charge in [-0.05, 0) is 30.7 Å². The Morgan fingerprint density at radius 1 is 0.944 bits per heavy atom. The van der Waals surface area contributed by atoms with E-state index in [-0.39, 0.29) is 41.5 Å². The summed E-state index contributed by atoms with van der Waals surface area (Å²) in [7, 11) is 0. The van der Waals surface area contributed by atoms with Crippen LogP contribution in [0, 0.1) is 5.92 Å². The standard InChI is InChI=1S/C29H23N3O4/c1-2-17-7-5-9-19-27(17)31(13-6-14-32-25(33)11-12-26(32)34)24-16-20-23(15-21(24)29(19)36)30-22-10-4-3-8-18(22)28(20)35/h2-5,7-12,15-17,27H,1,6,13-14H2,(H,30,35). The van der Waals surface area contributed by atoms with Gasteiger partial charge in [0.1, 0.15) is 0 Å². The fraction of sp³-hybridized carbons (Fsp3) is 0.172. The number of nitrogens with zero attached hydrogens (tertiary/aromatic N) is 2. The number of pyridine rings is 1. The summed E-state index contributed by atoms with van der Waals surface area (Å²) in [6.45, 7) is 4.72. The van der Waals surface area contributed by atoms with Gasteiger partial charge >= 0.3 is 0 Å². The quantitative estimate of drug-likeness (QED) is 0.344. The van der Waals surface area contributed by atoms with Gasteiger partial charge in [-0.15, -0.1) is 6.58 Å². The molecule has 0 radical (unpaired) electrons. The molecule has 2 atom stereocenters. The second kappa shape index (κ2) is 8.30. The zero-order chi connectivity index (χ0) is 25.0. The molecule has 7 nitrogen and oxygen atoms in total. The second-order valence-corrected chi connectivity index (χ2v) is 9.22. The summed E-state index contributed by atoms with van der Waals surface area (Å²) in [6, 6.07) is 10.6. The van der Waals surface area contributed by atoms with E-state index >= 15 is 0 Å². The summed E-state index contributed by atoms with van der Waals surface area (Å²) in [5, 5.41) is 1.09. The topological polar surface area (TPSA) is 90.6 Å². The Kier molecular flexibility index (Phi) is 5.07. The van der Waals surface area contributed by atoms with E-state index < -0.39 is 0 Å². The zero-order valence-electron chi connectivity index (χ0n) is 19.4. The van der Waals surface area contributed by atoms with Gasteiger partial charge in [-0.1, -0.05) is 36.4 Å². The highest BCUT2D eigenvalue weighted by Gasteiger charge is 2.40. The van der Waals surface area contributed by atoms with E-state index in [4.69, 9.17) is 0 Å². The van der Waals surface area contributed by atoms with Gasteiger partial charge in [0.05, 0.1) is 11.6 Å². The summed E-state index contributed by atoms with van der Waals surface area (Å²) in [4.78, 5) is 57.7. The number of amides is 2. The molecule has 7 heteroatoms. The first kappa shape index (κ1) is 22.0. The number of carbonyl (C=O) groups is 3. The number of para-hydroxylation sites is 1. The van der Waals surface area contributed by atoms with Crippen LogP contribution in [0.1, 0.15) is 16.8 Å². The Balaban J connectivity index is 1.47. The lowest BCUT2D eigenvalue weighted by atomic mass is 9.79. The number of H-pyrrole nitrogens is 1. The molecule has 0 saturated carbocycles. The number of rotatable bonds is 5. The summed E-state index contributed by atoms with van der Waals surface area (Å²) in [5.41, 5.74) is 3.08. The number of carbonyl (C=O) groups excluding carboxylic acids is 3. The van der Waals surface area contributed by atoms with Crippen LogP contribution in [0.15, 0.2) is 89.8 Å². The van der Waals surface area contributed by atoms with Crippen LogP contribution >= 0.6 is 0 Å². The van der Waals surface area contributed by atoms with Gasteiger partial charge < -0.3 is 9.88 Å². The Labute approximate surface area is 206 Å². The van der Waals surface area contributed by atoms with Crippen molar-refractivity contribution < 1.29 is 14.4 Å². The first-order valence-corrected chi connectivity index (χ1v) is 11.9. The molecule has 2 amide bonds.